The molecule has 0 amide bonds. The summed E-state index contributed by atoms with van der Waals surface area (Å²) in [6, 6.07) is 5.65. The third kappa shape index (κ3) is 3.07. The van der Waals surface area contributed by atoms with Gasteiger partial charge in [0.1, 0.15) is 13.2 Å². The molecule has 90 valence electrons. The molecular weight excluding hydrogens is 238 g/mol. The highest BCUT2D eigenvalue weighted by molar-refractivity contribution is 7.80. The van der Waals surface area contributed by atoms with Crippen molar-refractivity contribution in [2.75, 3.05) is 20.3 Å². The van der Waals surface area contributed by atoms with E-state index >= 15 is 0 Å². The number of hydrogen-bond acceptors (Lipinski definition) is 4. The van der Waals surface area contributed by atoms with E-state index in [0.717, 1.165) is 17.1 Å². The summed E-state index contributed by atoms with van der Waals surface area (Å²) in [6.07, 6.45) is 1.67. The van der Waals surface area contributed by atoms with Crippen molar-refractivity contribution in [2.24, 2.45) is 5.10 Å². The van der Waals surface area contributed by atoms with Crippen molar-refractivity contribution < 1.29 is 9.47 Å². The first-order valence-electron chi connectivity index (χ1n) is 5.20. The molecule has 0 bridgehead atoms. The minimum absolute atomic E-state index is 0.471. The second-order valence-electron chi connectivity index (χ2n) is 3.35. The van der Waals surface area contributed by atoms with Gasteiger partial charge in [0.25, 0.3) is 0 Å². The molecule has 0 atom stereocenters. The summed E-state index contributed by atoms with van der Waals surface area (Å²) in [6.45, 7) is 1.17. The molecule has 0 saturated carbocycles. The lowest BCUT2D eigenvalue weighted by molar-refractivity contribution is 0.171. The Labute approximate surface area is 105 Å². The lowest BCUT2D eigenvalue weighted by atomic mass is 10.2. The number of ether oxygens (including phenoxy) is 2. The van der Waals surface area contributed by atoms with Crippen molar-refractivity contribution in [1.82, 2.24) is 10.7 Å². The molecular formula is C11H13N3O2S. The van der Waals surface area contributed by atoms with E-state index in [4.69, 9.17) is 21.7 Å². The van der Waals surface area contributed by atoms with Crippen LogP contribution in [0.4, 0.5) is 0 Å². The Bertz CT molecular complexity index is 448. The first kappa shape index (κ1) is 11.7. The van der Waals surface area contributed by atoms with Crippen molar-refractivity contribution in [2.45, 2.75) is 0 Å². The van der Waals surface area contributed by atoms with Gasteiger partial charge in [0.05, 0.1) is 6.21 Å². The average molecular weight is 251 g/mol. The second-order valence-corrected chi connectivity index (χ2v) is 3.76. The van der Waals surface area contributed by atoms with Gasteiger partial charge in [-0.15, -0.1) is 0 Å². The molecule has 0 radical (unpaired) electrons. The molecule has 17 heavy (non-hydrogen) atoms. The monoisotopic (exact) mass is 251 g/mol. The molecule has 1 aliphatic heterocycles. The molecule has 2 rings (SSSR count). The Morgan fingerprint density at radius 2 is 2.12 bits per heavy atom. The number of hydrazone groups is 1. The molecule has 0 aliphatic carbocycles. The van der Waals surface area contributed by atoms with E-state index in [9.17, 15) is 0 Å². The van der Waals surface area contributed by atoms with Crippen molar-refractivity contribution >= 4 is 23.5 Å². The maximum absolute atomic E-state index is 5.47. The van der Waals surface area contributed by atoms with Crippen LogP contribution in [0.15, 0.2) is 23.3 Å². The summed E-state index contributed by atoms with van der Waals surface area (Å²) >= 11 is 4.89. The summed E-state index contributed by atoms with van der Waals surface area (Å²) in [5.74, 6) is 1.52. The minimum Gasteiger partial charge on any atom is -0.486 e. The third-order valence-electron chi connectivity index (χ3n) is 2.17. The van der Waals surface area contributed by atoms with E-state index in [1.807, 2.05) is 18.2 Å². The number of hydrogen-bond donors (Lipinski definition) is 2. The van der Waals surface area contributed by atoms with Gasteiger partial charge in [-0.3, -0.25) is 5.43 Å². The van der Waals surface area contributed by atoms with Gasteiger partial charge in [-0.1, -0.05) is 0 Å². The quantitative estimate of drug-likeness (QED) is 0.464. The Kier molecular flexibility index (Phi) is 3.77. The van der Waals surface area contributed by atoms with Crippen LogP contribution in [0.25, 0.3) is 0 Å². The van der Waals surface area contributed by atoms with Gasteiger partial charge in [0, 0.05) is 7.05 Å². The van der Waals surface area contributed by atoms with E-state index in [-0.39, 0.29) is 0 Å². The van der Waals surface area contributed by atoms with Gasteiger partial charge < -0.3 is 14.8 Å². The van der Waals surface area contributed by atoms with Crippen LogP contribution < -0.4 is 20.2 Å². The van der Waals surface area contributed by atoms with E-state index < -0.39 is 0 Å². The fourth-order valence-corrected chi connectivity index (χ4v) is 1.41. The van der Waals surface area contributed by atoms with Gasteiger partial charge in [-0.25, -0.2) is 0 Å². The third-order valence-corrected chi connectivity index (χ3v) is 2.47. The molecule has 0 saturated heterocycles. The molecule has 0 fully saturated rings. The first-order valence-corrected chi connectivity index (χ1v) is 5.61. The summed E-state index contributed by atoms with van der Waals surface area (Å²) in [4.78, 5) is 0. The van der Waals surface area contributed by atoms with Crippen LogP contribution in [0.3, 0.4) is 0 Å². The number of fused-ring (bicyclic) bond motifs is 1. The van der Waals surface area contributed by atoms with Crippen molar-refractivity contribution in [3.05, 3.63) is 23.8 Å². The summed E-state index contributed by atoms with van der Waals surface area (Å²) in [5, 5.41) is 7.22. The Balaban J connectivity index is 2.04. The maximum atomic E-state index is 5.47. The molecule has 2 N–H and O–H groups in total. The largest absolute Gasteiger partial charge is 0.486 e. The Morgan fingerprint density at radius 3 is 2.88 bits per heavy atom. The van der Waals surface area contributed by atoms with Crippen LogP contribution in [0.1, 0.15) is 5.56 Å². The smallest absolute Gasteiger partial charge is 0.186 e. The van der Waals surface area contributed by atoms with Crippen LogP contribution in [-0.4, -0.2) is 31.6 Å². The minimum atomic E-state index is 0.471. The van der Waals surface area contributed by atoms with Crippen LogP contribution in [-0.2, 0) is 0 Å². The number of nitrogens with zero attached hydrogens (tertiary/aromatic N) is 1. The lowest BCUT2D eigenvalue weighted by Gasteiger charge is -2.18. The summed E-state index contributed by atoms with van der Waals surface area (Å²) < 4.78 is 10.9. The lowest BCUT2D eigenvalue weighted by Crippen LogP contribution is -2.28. The highest BCUT2D eigenvalue weighted by atomic mass is 32.1. The second kappa shape index (κ2) is 5.49. The van der Waals surface area contributed by atoms with Crippen molar-refractivity contribution in [3.8, 4) is 11.5 Å². The fourth-order valence-electron chi connectivity index (χ4n) is 1.36. The standard InChI is InChI=1S/C11H13N3O2S/c1-12-11(17)14-13-7-8-2-3-9-10(6-8)16-5-4-15-9/h2-3,6-7H,4-5H2,1H3,(H2,12,14,17)/b13-7-. The predicted octanol–water partition coefficient (Wildman–Crippen LogP) is 0.886. The zero-order chi connectivity index (χ0) is 12.1. The Morgan fingerprint density at radius 1 is 1.35 bits per heavy atom. The van der Waals surface area contributed by atoms with Crippen LogP contribution >= 0.6 is 12.2 Å². The summed E-state index contributed by atoms with van der Waals surface area (Å²) in [7, 11) is 1.73. The molecule has 5 nitrogen and oxygen atoms in total. The van der Waals surface area contributed by atoms with Crippen molar-refractivity contribution in [3.63, 3.8) is 0 Å². The zero-order valence-electron chi connectivity index (χ0n) is 9.40. The van der Waals surface area contributed by atoms with E-state index in [1.54, 1.807) is 13.3 Å². The van der Waals surface area contributed by atoms with Gasteiger partial charge >= 0.3 is 0 Å². The molecule has 0 spiro atoms. The highest BCUT2D eigenvalue weighted by Crippen LogP contribution is 2.30. The number of nitrogens with one attached hydrogen (secondary N) is 2. The van der Waals surface area contributed by atoms with E-state index in [0.29, 0.717) is 18.3 Å². The average Bonchev–Trinajstić information content (AvgIpc) is 2.38. The number of benzene rings is 1. The predicted molar refractivity (Wildman–Crippen MR) is 69.8 cm³/mol. The molecule has 0 aromatic heterocycles. The van der Waals surface area contributed by atoms with E-state index in [2.05, 4.69) is 15.8 Å². The maximum Gasteiger partial charge on any atom is 0.186 e. The molecule has 1 heterocycles. The highest BCUT2D eigenvalue weighted by Gasteiger charge is 2.10. The fraction of sp³-hybridized carbons (Fsp3) is 0.273. The van der Waals surface area contributed by atoms with Crippen LogP contribution in [0.5, 0.6) is 11.5 Å². The van der Waals surface area contributed by atoms with Crippen LogP contribution in [0, 0.1) is 0 Å². The van der Waals surface area contributed by atoms with Gasteiger partial charge in [-0.2, -0.15) is 5.10 Å². The molecule has 1 aromatic carbocycles. The molecule has 1 aromatic rings. The molecule has 1 aliphatic rings. The topological polar surface area (TPSA) is 54.9 Å². The molecule has 6 heteroatoms. The van der Waals surface area contributed by atoms with Gasteiger partial charge in [0.15, 0.2) is 16.6 Å². The van der Waals surface area contributed by atoms with Crippen molar-refractivity contribution in [1.29, 1.82) is 0 Å². The van der Waals surface area contributed by atoms with Crippen LogP contribution in [0.2, 0.25) is 0 Å². The SMILES string of the molecule is CNC(=S)N/N=C\c1ccc2c(c1)OCCO2. The van der Waals surface area contributed by atoms with Gasteiger partial charge in [-0.05, 0) is 36.0 Å². The van der Waals surface area contributed by atoms with Gasteiger partial charge in [0.2, 0.25) is 0 Å². The number of rotatable bonds is 2. The zero-order valence-corrected chi connectivity index (χ0v) is 10.2. The Hall–Kier alpha value is -1.82. The summed E-state index contributed by atoms with van der Waals surface area (Å²) in [5.41, 5.74) is 3.60. The normalized spacial score (nSPS) is 13.5. The van der Waals surface area contributed by atoms with E-state index in [1.165, 1.54) is 0 Å². The molecule has 0 unspecified atom stereocenters. The first-order chi connectivity index (χ1) is 8.29. The number of thiocarbonyl (C=S) groups is 1.